The van der Waals surface area contributed by atoms with Gasteiger partial charge in [0.15, 0.2) is 0 Å². The van der Waals surface area contributed by atoms with Crippen LogP contribution in [0.15, 0.2) is 42.5 Å². The molecule has 88 valence electrons. The molecule has 0 bridgehead atoms. The van der Waals surface area contributed by atoms with Crippen molar-refractivity contribution < 1.29 is 0 Å². The summed E-state index contributed by atoms with van der Waals surface area (Å²) in [7, 11) is 0. The topological polar surface area (TPSA) is 26.0 Å². The highest BCUT2D eigenvalue weighted by Crippen LogP contribution is 2.29. The van der Waals surface area contributed by atoms with Crippen LogP contribution in [0.2, 0.25) is 5.02 Å². The summed E-state index contributed by atoms with van der Waals surface area (Å²) in [5.74, 6) is 0. The average Bonchev–Trinajstić information content (AvgIpc) is 2.34. The number of benzene rings is 2. The number of halogens is 1. The molecule has 1 nitrogen and oxygen atoms in total. The van der Waals surface area contributed by atoms with E-state index in [0.29, 0.717) is 5.02 Å². The summed E-state index contributed by atoms with van der Waals surface area (Å²) in [6.07, 6.45) is 2.28. The highest BCUT2D eigenvalue weighted by Gasteiger charge is 2.03. The summed E-state index contributed by atoms with van der Waals surface area (Å²) in [6.45, 7) is 2.18. The van der Waals surface area contributed by atoms with E-state index in [-0.39, 0.29) is 0 Å². The maximum absolute atomic E-state index is 5.99. The number of hydrogen-bond donors (Lipinski definition) is 1. The second-order valence-electron chi connectivity index (χ2n) is 4.18. The van der Waals surface area contributed by atoms with E-state index in [1.807, 2.05) is 18.2 Å². The van der Waals surface area contributed by atoms with Crippen molar-refractivity contribution in [3.63, 3.8) is 0 Å². The summed E-state index contributed by atoms with van der Waals surface area (Å²) < 4.78 is 0. The molecule has 0 heterocycles. The third-order valence-electron chi connectivity index (χ3n) is 2.82. The summed E-state index contributed by atoms with van der Waals surface area (Å²) >= 11 is 5.99. The van der Waals surface area contributed by atoms with Crippen LogP contribution in [0.1, 0.15) is 18.9 Å². The van der Waals surface area contributed by atoms with Gasteiger partial charge in [0.25, 0.3) is 0 Å². The van der Waals surface area contributed by atoms with Gasteiger partial charge in [-0.1, -0.05) is 49.2 Å². The van der Waals surface area contributed by atoms with Crippen LogP contribution in [0.4, 0.5) is 5.69 Å². The molecule has 0 aromatic heterocycles. The molecule has 0 aliphatic rings. The van der Waals surface area contributed by atoms with Crippen LogP contribution in [0.25, 0.3) is 11.1 Å². The van der Waals surface area contributed by atoms with Crippen molar-refractivity contribution >= 4 is 17.3 Å². The van der Waals surface area contributed by atoms with Crippen LogP contribution in [0.3, 0.4) is 0 Å². The van der Waals surface area contributed by atoms with E-state index in [1.54, 1.807) is 0 Å². The van der Waals surface area contributed by atoms with Crippen molar-refractivity contribution in [1.29, 1.82) is 0 Å². The van der Waals surface area contributed by atoms with Crippen LogP contribution < -0.4 is 5.73 Å². The Morgan fingerprint density at radius 2 is 1.76 bits per heavy atom. The van der Waals surface area contributed by atoms with E-state index >= 15 is 0 Å². The van der Waals surface area contributed by atoms with E-state index in [9.17, 15) is 0 Å². The SMILES string of the molecule is CCCc1ccc(-c2cc(Cl)ccc2N)cc1. The highest BCUT2D eigenvalue weighted by atomic mass is 35.5. The van der Waals surface area contributed by atoms with Crippen LogP contribution in [-0.2, 0) is 6.42 Å². The Kier molecular flexibility index (Phi) is 3.70. The smallest absolute Gasteiger partial charge is 0.0413 e. The van der Waals surface area contributed by atoms with Crippen molar-refractivity contribution in [3.8, 4) is 11.1 Å². The third-order valence-corrected chi connectivity index (χ3v) is 3.05. The first-order chi connectivity index (χ1) is 8.20. The van der Waals surface area contributed by atoms with Crippen LogP contribution in [0.5, 0.6) is 0 Å². The molecule has 0 unspecified atom stereocenters. The normalized spacial score (nSPS) is 10.5. The highest BCUT2D eigenvalue weighted by molar-refractivity contribution is 6.31. The number of aryl methyl sites for hydroxylation is 1. The minimum atomic E-state index is 0.715. The lowest BCUT2D eigenvalue weighted by Gasteiger charge is -2.07. The molecule has 0 radical (unpaired) electrons. The Morgan fingerprint density at radius 1 is 1.06 bits per heavy atom. The van der Waals surface area contributed by atoms with Crippen LogP contribution in [-0.4, -0.2) is 0 Å². The second-order valence-corrected chi connectivity index (χ2v) is 4.61. The molecule has 2 N–H and O–H groups in total. The molecular weight excluding hydrogens is 230 g/mol. The monoisotopic (exact) mass is 245 g/mol. The van der Waals surface area contributed by atoms with Crippen LogP contribution in [0, 0.1) is 0 Å². The Bertz CT molecular complexity index is 503. The maximum atomic E-state index is 5.99. The summed E-state index contributed by atoms with van der Waals surface area (Å²) in [5.41, 5.74) is 10.2. The molecule has 0 spiro atoms. The molecule has 2 aromatic rings. The van der Waals surface area contributed by atoms with Crippen LogP contribution >= 0.6 is 11.6 Å². The minimum absolute atomic E-state index is 0.715. The van der Waals surface area contributed by atoms with E-state index in [1.165, 1.54) is 12.0 Å². The number of nitrogens with two attached hydrogens (primary N) is 1. The van der Waals surface area contributed by atoms with E-state index < -0.39 is 0 Å². The zero-order chi connectivity index (χ0) is 12.3. The van der Waals surface area contributed by atoms with Gasteiger partial charge in [-0.05, 0) is 35.7 Å². The molecule has 0 atom stereocenters. The lowest BCUT2D eigenvalue weighted by molar-refractivity contribution is 0.922. The van der Waals surface area contributed by atoms with Crippen molar-refractivity contribution in [2.45, 2.75) is 19.8 Å². The number of nitrogen functional groups attached to an aromatic ring is 1. The molecular formula is C15H16ClN. The molecule has 0 saturated carbocycles. The second kappa shape index (κ2) is 5.24. The van der Waals surface area contributed by atoms with E-state index in [2.05, 4.69) is 31.2 Å². The maximum Gasteiger partial charge on any atom is 0.0413 e. The quantitative estimate of drug-likeness (QED) is 0.790. The zero-order valence-corrected chi connectivity index (χ0v) is 10.7. The molecule has 0 fully saturated rings. The average molecular weight is 246 g/mol. The summed E-state index contributed by atoms with van der Waals surface area (Å²) in [5, 5.41) is 0.715. The van der Waals surface area contributed by atoms with Gasteiger partial charge in [0.1, 0.15) is 0 Å². The largest absolute Gasteiger partial charge is 0.398 e. The fraction of sp³-hybridized carbons (Fsp3) is 0.200. The molecule has 2 rings (SSSR count). The lowest BCUT2D eigenvalue weighted by atomic mass is 10.0. The molecule has 0 aliphatic heterocycles. The Balaban J connectivity index is 2.36. The molecule has 2 aromatic carbocycles. The van der Waals surface area contributed by atoms with E-state index in [0.717, 1.165) is 23.2 Å². The van der Waals surface area contributed by atoms with Gasteiger partial charge in [-0.25, -0.2) is 0 Å². The zero-order valence-electron chi connectivity index (χ0n) is 9.91. The summed E-state index contributed by atoms with van der Waals surface area (Å²) in [6, 6.07) is 14.1. The number of anilines is 1. The van der Waals surface area contributed by atoms with Gasteiger partial charge < -0.3 is 5.73 Å². The van der Waals surface area contributed by atoms with Gasteiger partial charge in [-0.3, -0.25) is 0 Å². The van der Waals surface area contributed by atoms with Gasteiger partial charge in [0.2, 0.25) is 0 Å². The van der Waals surface area contributed by atoms with Gasteiger partial charge in [0, 0.05) is 16.3 Å². The molecule has 0 saturated heterocycles. The molecule has 17 heavy (non-hydrogen) atoms. The first kappa shape index (κ1) is 12.0. The number of rotatable bonds is 3. The van der Waals surface area contributed by atoms with Gasteiger partial charge >= 0.3 is 0 Å². The fourth-order valence-electron chi connectivity index (χ4n) is 1.92. The Hall–Kier alpha value is -1.47. The predicted molar refractivity (Wildman–Crippen MR) is 75.3 cm³/mol. The minimum Gasteiger partial charge on any atom is -0.398 e. The van der Waals surface area contributed by atoms with E-state index in [4.69, 9.17) is 17.3 Å². The van der Waals surface area contributed by atoms with Crippen molar-refractivity contribution in [2.75, 3.05) is 5.73 Å². The van der Waals surface area contributed by atoms with Crippen molar-refractivity contribution in [3.05, 3.63) is 53.1 Å². The standard InChI is InChI=1S/C15H16ClN/c1-2-3-11-4-6-12(7-5-11)14-10-13(16)8-9-15(14)17/h4-10H,2-3,17H2,1H3. The third kappa shape index (κ3) is 2.80. The molecule has 0 amide bonds. The molecule has 2 heteroatoms. The fourth-order valence-corrected chi connectivity index (χ4v) is 2.09. The first-order valence-electron chi connectivity index (χ1n) is 5.85. The summed E-state index contributed by atoms with van der Waals surface area (Å²) in [4.78, 5) is 0. The lowest BCUT2D eigenvalue weighted by Crippen LogP contribution is -1.90. The van der Waals surface area contributed by atoms with Gasteiger partial charge in [-0.2, -0.15) is 0 Å². The predicted octanol–water partition coefficient (Wildman–Crippen LogP) is 4.54. The van der Waals surface area contributed by atoms with Crippen molar-refractivity contribution in [1.82, 2.24) is 0 Å². The first-order valence-corrected chi connectivity index (χ1v) is 6.23. The molecule has 0 aliphatic carbocycles. The van der Waals surface area contributed by atoms with Gasteiger partial charge in [0.05, 0.1) is 0 Å². The Labute approximate surface area is 107 Å². The Morgan fingerprint density at radius 3 is 2.41 bits per heavy atom. The van der Waals surface area contributed by atoms with Crippen molar-refractivity contribution in [2.24, 2.45) is 0 Å². The van der Waals surface area contributed by atoms with Gasteiger partial charge in [-0.15, -0.1) is 0 Å². The number of hydrogen-bond acceptors (Lipinski definition) is 1.